The molecular formula is C18H20BrNO. The lowest BCUT2D eigenvalue weighted by atomic mass is 10.2. The molecule has 0 amide bonds. The highest BCUT2D eigenvalue weighted by Gasteiger charge is 2.12. The Bertz CT molecular complexity index is 579. The van der Waals surface area contributed by atoms with Gasteiger partial charge in [0, 0.05) is 11.0 Å². The van der Waals surface area contributed by atoms with Crippen molar-refractivity contribution in [1.29, 1.82) is 0 Å². The number of hydrogen-bond donors (Lipinski definition) is 0. The van der Waals surface area contributed by atoms with Crippen molar-refractivity contribution in [3.05, 3.63) is 64.1 Å². The molecule has 0 unspecified atom stereocenters. The van der Waals surface area contributed by atoms with E-state index >= 15 is 0 Å². The molecule has 1 saturated heterocycles. The van der Waals surface area contributed by atoms with Crippen LogP contribution in [0.15, 0.2) is 53.0 Å². The predicted octanol–water partition coefficient (Wildman–Crippen LogP) is 4.62. The summed E-state index contributed by atoms with van der Waals surface area (Å²) >= 11 is 3.59. The summed E-state index contributed by atoms with van der Waals surface area (Å²) in [4.78, 5) is 2.50. The number of ether oxygens (including phenoxy) is 1. The van der Waals surface area contributed by atoms with E-state index in [0.29, 0.717) is 6.61 Å². The molecule has 0 aromatic heterocycles. The molecule has 0 saturated carbocycles. The number of halogens is 1. The van der Waals surface area contributed by atoms with E-state index < -0.39 is 0 Å². The van der Waals surface area contributed by atoms with Crippen molar-refractivity contribution >= 4 is 15.9 Å². The molecule has 0 atom stereocenters. The van der Waals surface area contributed by atoms with Crippen molar-refractivity contribution in [2.24, 2.45) is 0 Å². The summed E-state index contributed by atoms with van der Waals surface area (Å²) in [6, 6.07) is 16.7. The second kappa shape index (κ2) is 7.10. The van der Waals surface area contributed by atoms with E-state index in [2.05, 4.69) is 45.1 Å². The fourth-order valence-electron chi connectivity index (χ4n) is 2.74. The molecule has 1 heterocycles. The smallest absolute Gasteiger partial charge is 0.121 e. The quantitative estimate of drug-likeness (QED) is 0.783. The Balaban J connectivity index is 1.65. The summed E-state index contributed by atoms with van der Waals surface area (Å²) in [5.41, 5.74) is 2.51. The van der Waals surface area contributed by atoms with Gasteiger partial charge in [-0.1, -0.05) is 46.3 Å². The molecule has 0 radical (unpaired) electrons. The van der Waals surface area contributed by atoms with Crippen molar-refractivity contribution in [1.82, 2.24) is 4.90 Å². The molecule has 21 heavy (non-hydrogen) atoms. The molecule has 0 bridgehead atoms. The van der Waals surface area contributed by atoms with E-state index in [9.17, 15) is 0 Å². The minimum Gasteiger partial charge on any atom is -0.489 e. The van der Waals surface area contributed by atoms with Crippen molar-refractivity contribution in [2.45, 2.75) is 26.0 Å². The average Bonchev–Trinajstić information content (AvgIpc) is 2.99. The third-order valence-electron chi connectivity index (χ3n) is 3.78. The van der Waals surface area contributed by atoms with Gasteiger partial charge in [-0.05, 0) is 55.3 Å². The van der Waals surface area contributed by atoms with E-state index in [4.69, 9.17) is 4.74 Å². The minimum atomic E-state index is 0.612. The van der Waals surface area contributed by atoms with Crippen LogP contribution in [0.4, 0.5) is 0 Å². The molecule has 2 nitrogen and oxygen atoms in total. The molecule has 1 fully saturated rings. The van der Waals surface area contributed by atoms with Gasteiger partial charge in [-0.15, -0.1) is 0 Å². The Kier molecular flexibility index (Phi) is 4.94. The third-order valence-corrected chi connectivity index (χ3v) is 4.24. The summed E-state index contributed by atoms with van der Waals surface area (Å²) < 4.78 is 7.01. The Morgan fingerprint density at radius 2 is 1.71 bits per heavy atom. The monoisotopic (exact) mass is 345 g/mol. The molecule has 110 valence electrons. The number of hydrogen-bond acceptors (Lipinski definition) is 2. The molecule has 0 N–H and O–H groups in total. The maximum Gasteiger partial charge on any atom is 0.121 e. The predicted molar refractivity (Wildman–Crippen MR) is 89.4 cm³/mol. The van der Waals surface area contributed by atoms with Crippen molar-refractivity contribution < 1.29 is 4.74 Å². The third kappa shape index (κ3) is 4.32. The average molecular weight is 346 g/mol. The van der Waals surface area contributed by atoms with Gasteiger partial charge in [0.2, 0.25) is 0 Å². The van der Waals surface area contributed by atoms with Gasteiger partial charge in [0.15, 0.2) is 0 Å². The highest BCUT2D eigenvalue weighted by Crippen LogP contribution is 2.24. The topological polar surface area (TPSA) is 12.5 Å². The van der Waals surface area contributed by atoms with E-state index in [-0.39, 0.29) is 0 Å². The van der Waals surface area contributed by atoms with Gasteiger partial charge >= 0.3 is 0 Å². The van der Waals surface area contributed by atoms with Gasteiger partial charge in [0.25, 0.3) is 0 Å². The standard InChI is InChI=1S/C18H20BrNO/c19-17-10-16(13-20-8-4-5-9-20)11-18(12-17)21-14-15-6-2-1-3-7-15/h1-3,6-7,10-12H,4-5,8-9,13-14H2. The van der Waals surface area contributed by atoms with Crippen molar-refractivity contribution in [2.75, 3.05) is 13.1 Å². The zero-order chi connectivity index (χ0) is 14.5. The van der Waals surface area contributed by atoms with Crippen molar-refractivity contribution in [3.8, 4) is 5.75 Å². The highest BCUT2D eigenvalue weighted by molar-refractivity contribution is 9.10. The van der Waals surface area contributed by atoms with Gasteiger partial charge in [-0.3, -0.25) is 4.90 Å². The number of likely N-dealkylation sites (tertiary alicyclic amines) is 1. The maximum absolute atomic E-state index is 5.93. The van der Waals surface area contributed by atoms with Gasteiger partial charge in [0.1, 0.15) is 12.4 Å². The molecule has 3 heteroatoms. The van der Waals surface area contributed by atoms with Gasteiger partial charge in [0.05, 0.1) is 0 Å². The Hall–Kier alpha value is -1.32. The van der Waals surface area contributed by atoms with E-state index in [1.165, 1.54) is 37.1 Å². The number of benzene rings is 2. The van der Waals surface area contributed by atoms with Crippen LogP contribution in [0.25, 0.3) is 0 Å². The van der Waals surface area contributed by atoms with E-state index in [1.54, 1.807) is 0 Å². The summed E-state index contributed by atoms with van der Waals surface area (Å²) in [7, 11) is 0. The lowest BCUT2D eigenvalue weighted by Gasteiger charge is -2.16. The first-order valence-corrected chi connectivity index (χ1v) is 8.27. The lowest BCUT2D eigenvalue weighted by molar-refractivity contribution is 0.303. The van der Waals surface area contributed by atoms with Gasteiger partial charge in [-0.25, -0.2) is 0 Å². The Morgan fingerprint density at radius 3 is 2.48 bits per heavy atom. The highest BCUT2D eigenvalue weighted by atomic mass is 79.9. The summed E-state index contributed by atoms with van der Waals surface area (Å²) in [5, 5.41) is 0. The maximum atomic E-state index is 5.93. The summed E-state index contributed by atoms with van der Waals surface area (Å²) in [6.07, 6.45) is 2.65. The van der Waals surface area contributed by atoms with E-state index in [1.807, 2.05) is 24.3 Å². The minimum absolute atomic E-state index is 0.612. The van der Waals surface area contributed by atoms with Crippen LogP contribution < -0.4 is 4.74 Å². The number of nitrogens with zero attached hydrogens (tertiary/aromatic N) is 1. The van der Waals surface area contributed by atoms with Gasteiger partial charge in [-0.2, -0.15) is 0 Å². The largest absolute Gasteiger partial charge is 0.489 e. The van der Waals surface area contributed by atoms with Crippen LogP contribution >= 0.6 is 15.9 Å². The first-order chi connectivity index (χ1) is 10.3. The summed E-state index contributed by atoms with van der Waals surface area (Å²) in [5.74, 6) is 0.933. The zero-order valence-corrected chi connectivity index (χ0v) is 13.7. The second-order valence-corrected chi connectivity index (χ2v) is 6.47. The van der Waals surface area contributed by atoms with Crippen LogP contribution in [0, 0.1) is 0 Å². The Labute approximate surface area is 134 Å². The first kappa shape index (κ1) is 14.6. The van der Waals surface area contributed by atoms with Crippen LogP contribution in [-0.4, -0.2) is 18.0 Å². The van der Waals surface area contributed by atoms with Crippen LogP contribution in [0.2, 0.25) is 0 Å². The fourth-order valence-corrected chi connectivity index (χ4v) is 3.25. The fraction of sp³-hybridized carbons (Fsp3) is 0.333. The summed E-state index contributed by atoms with van der Waals surface area (Å²) in [6.45, 7) is 4.06. The molecule has 0 spiro atoms. The van der Waals surface area contributed by atoms with Crippen LogP contribution in [0.5, 0.6) is 5.75 Å². The molecule has 1 aliphatic rings. The lowest BCUT2D eigenvalue weighted by Crippen LogP contribution is -2.18. The van der Waals surface area contributed by atoms with Crippen LogP contribution in [-0.2, 0) is 13.2 Å². The molecule has 1 aliphatic heterocycles. The molecule has 0 aliphatic carbocycles. The molecule has 3 rings (SSSR count). The Morgan fingerprint density at radius 1 is 0.952 bits per heavy atom. The SMILES string of the molecule is Brc1cc(CN2CCCC2)cc(OCc2ccccc2)c1. The van der Waals surface area contributed by atoms with E-state index in [0.717, 1.165) is 16.8 Å². The van der Waals surface area contributed by atoms with Gasteiger partial charge < -0.3 is 4.74 Å². The molecular weight excluding hydrogens is 326 g/mol. The zero-order valence-electron chi connectivity index (χ0n) is 12.1. The molecule has 2 aromatic carbocycles. The number of rotatable bonds is 5. The normalized spacial score (nSPS) is 15.3. The van der Waals surface area contributed by atoms with Crippen molar-refractivity contribution in [3.63, 3.8) is 0 Å². The second-order valence-electron chi connectivity index (χ2n) is 5.55. The van der Waals surface area contributed by atoms with Crippen LogP contribution in [0.1, 0.15) is 24.0 Å². The van der Waals surface area contributed by atoms with Crippen LogP contribution in [0.3, 0.4) is 0 Å². The molecule has 2 aromatic rings. The first-order valence-electron chi connectivity index (χ1n) is 7.48.